The molecular weight excluding hydrogens is 344 g/mol. The summed E-state index contributed by atoms with van der Waals surface area (Å²) in [7, 11) is 0. The minimum atomic E-state index is -0.261. The van der Waals surface area contributed by atoms with Crippen LogP contribution in [0.5, 0.6) is 0 Å². The highest BCUT2D eigenvalue weighted by Crippen LogP contribution is 2.30. The zero-order chi connectivity index (χ0) is 17.5. The molecule has 0 saturated carbocycles. The number of rotatable bonds is 6. The van der Waals surface area contributed by atoms with Crippen molar-refractivity contribution in [3.8, 4) is 0 Å². The van der Waals surface area contributed by atoms with Gasteiger partial charge in [-0.1, -0.05) is 35.9 Å². The van der Waals surface area contributed by atoms with Crippen LogP contribution in [0.2, 0.25) is 5.02 Å². The molecule has 1 unspecified atom stereocenters. The van der Waals surface area contributed by atoms with Gasteiger partial charge in [0.1, 0.15) is 0 Å². The first-order valence-electron chi connectivity index (χ1n) is 7.51. The van der Waals surface area contributed by atoms with Crippen molar-refractivity contribution in [2.24, 2.45) is 0 Å². The van der Waals surface area contributed by atoms with Crippen LogP contribution < -0.4 is 10.6 Å². The van der Waals surface area contributed by atoms with E-state index in [2.05, 4.69) is 10.6 Å². The number of amides is 2. The van der Waals surface area contributed by atoms with Crippen molar-refractivity contribution in [3.05, 3.63) is 59.1 Å². The summed E-state index contributed by atoms with van der Waals surface area (Å²) in [5.74, 6) is -0.189. The Balaban J connectivity index is 1.90. The van der Waals surface area contributed by atoms with Gasteiger partial charge in [-0.15, -0.1) is 11.8 Å². The van der Waals surface area contributed by atoms with Crippen molar-refractivity contribution < 1.29 is 9.59 Å². The summed E-state index contributed by atoms with van der Waals surface area (Å²) in [6.07, 6.45) is 0. The third-order valence-electron chi connectivity index (χ3n) is 3.22. The quantitative estimate of drug-likeness (QED) is 0.761. The van der Waals surface area contributed by atoms with Gasteiger partial charge in [-0.25, -0.2) is 0 Å². The first-order chi connectivity index (χ1) is 11.5. The molecule has 4 nitrogen and oxygen atoms in total. The molecule has 0 bridgehead atoms. The van der Waals surface area contributed by atoms with Gasteiger partial charge < -0.3 is 10.6 Å². The lowest BCUT2D eigenvalue weighted by molar-refractivity contribution is -0.120. The second-order valence-corrected chi connectivity index (χ2v) is 7.08. The van der Waals surface area contributed by atoms with Crippen LogP contribution >= 0.6 is 23.4 Å². The van der Waals surface area contributed by atoms with Crippen LogP contribution in [0.3, 0.4) is 0 Å². The second kappa shape index (κ2) is 8.76. The summed E-state index contributed by atoms with van der Waals surface area (Å²) < 4.78 is 0. The Bertz CT molecular complexity index is 736. The van der Waals surface area contributed by atoms with E-state index in [1.807, 2.05) is 55.5 Å². The van der Waals surface area contributed by atoms with E-state index in [-0.39, 0.29) is 17.1 Å². The highest BCUT2D eigenvalue weighted by atomic mass is 35.5. The molecule has 2 aromatic rings. The number of halogens is 1. The van der Waals surface area contributed by atoms with Gasteiger partial charge >= 0.3 is 0 Å². The molecule has 126 valence electrons. The molecule has 1 atom stereocenters. The summed E-state index contributed by atoms with van der Waals surface area (Å²) in [5, 5.41) is 6.01. The Morgan fingerprint density at radius 3 is 2.62 bits per heavy atom. The van der Waals surface area contributed by atoms with Crippen molar-refractivity contribution in [1.82, 2.24) is 5.32 Å². The minimum absolute atomic E-state index is 0.0650. The topological polar surface area (TPSA) is 58.2 Å². The van der Waals surface area contributed by atoms with Crippen molar-refractivity contribution >= 4 is 40.9 Å². The molecule has 0 saturated heterocycles. The predicted octanol–water partition coefficient (Wildman–Crippen LogP) is 4.10. The molecule has 0 radical (unpaired) electrons. The van der Waals surface area contributed by atoms with Crippen molar-refractivity contribution in [1.29, 1.82) is 0 Å². The number of nitrogens with one attached hydrogen (secondary N) is 2. The van der Waals surface area contributed by atoms with Crippen LogP contribution in [0.25, 0.3) is 0 Å². The van der Waals surface area contributed by atoms with Crippen LogP contribution in [0.15, 0.2) is 53.4 Å². The smallest absolute Gasteiger partial charge is 0.233 e. The molecule has 2 rings (SSSR count). The fourth-order valence-corrected chi connectivity index (χ4v) is 3.26. The minimum Gasteiger partial charge on any atom is -0.351 e. The van der Waals surface area contributed by atoms with Gasteiger partial charge in [-0.05, 0) is 36.8 Å². The Morgan fingerprint density at radius 1 is 1.17 bits per heavy atom. The van der Waals surface area contributed by atoms with Crippen LogP contribution in [-0.4, -0.2) is 17.1 Å². The Morgan fingerprint density at radius 2 is 1.92 bits per heavy atom. The first kappa shape index (κ1) is 18.4. The van der Waals surface area contributed by atoms with Crippen LogP contribution in [0.4, 0.5) is 5.69 Å². The number of thioether (sulfide) groups is 1. The normalized spacial score (nSPS) is 11.6. The molecule has 2 aromatic carbocycles. The lowest BCUT2D eigenvalue weighted by Crippen LogP contribution is -2.30. The molecule has 0 spiro atoms. The summed E-state index contributed by atoms with van der Waals surface area (Å²) in [5.41, 5.74) is 1.64. The molecule has 0 aliphatic carbocycles. The summed E-state index contributed by atoms with van der Waals surface area (Å²) in [4.78, 5) is 24.2. The molecule has 0 fully saturated rings. The highest BCUT2D eigenvalue weighted by molar-refractivity contribution is 8.00. The molecule has 24 heavy (non-hydrogen) atoms. The van der Waals surface area contributed by atoms with Crippen LogP contribution in [-0.2, 0) is 16.1 Å². The third-order valence-corrected chi connectivity index (χ3v) is 4.84. The van der Waals surface area contributed by atoms with E-state index in [9.17, 15) is 9.59 Å². The average Bonchev–Trinajstić information content (AvgIpc) is 2.54. The maximum atomic E-state index is 12.2. The van der Waals surface area contributed by atoms with Crippen LogP contribution in [0, 0.1) is 0 Å². The van der Waals surface area contributed by atoms with E-state index in [1.165, 1.54) is 18.7 Å². The van der Waals surface area contributed by atoms with Crippen molar-refractivity contribution in [2.45, 2.75) is 30.5 Å². The number of hydrogen-bond donors (Lipinski definition) is 2. The van der Waals surface area contributed by atoms with Crippen LogP contribution in [0.1, 0.15) is 19.4 Å². The predicted molar refractivity (Wildman–Crippen MR) is 99.4 cm³/mol. The van der Waals surface area contributed by atoms with E-state index >= 15 is 0 Å². The zero-order valence-corrected chi connectivity index (χ0v) is 15.1. The number of anilines is 1. The third kappa shape index (κ3) is 5.58. The number of hydrogen-bond acceptors (Lipinski definition) is 3. The largest absolute Gasteiger partial charge is 0.351 e. The van der Waals surface area contributed by atoms with E-state index in [0.717, 1.165) is 10.5 Å². The Hall–Kier alpha value is -1.98. The summed E-state index contributed by atoms with van der Waals surface area (Å²) in [6.45, 7) is 3.71. The van der Waals surface area contributed by atoms with E-state index in [0.29, 0.717) is 17.3 Å². The van der Waals surface area contributed by atoms with Crippen molar-refractivity contribution in [3.63, 3.8) is 0 Å². The average molecular weight is 363 g/mol. The molecular formula is C18H19ClN2O2S. The number of carbonyl (C=O) groups excluding carboxylic acids is 2. The van der Waals surface area contributed by atoms with Gasteiger partial charge in [0, 0.05) is 24.1 Å². The zero-order valence-electron chi connectivity index (χ0n) is 13.5. The Labute approximate surface area is 151 Å². The van der Waals surface area contributed by atoms with Gasteiger partial charge in [0.05, 0.1) is 10.3 Å². The van der Waals surface area contributed by atoms with Gasteiger partial charge in [0.25, 0.3) is 0 Å². The molecule has 2 amide bonds. The van der Waals surface area contributed by atoms with Gasteiger partial charge in [-0.3, -0.25) is 9.59 Å². The molecule has 0 aromatic heterocycles. The van der Waals surface area contributed by atoms with Gasteiger partial charge in [0.2, 0.25) is 11.8 Å². The summed E-state index contributed by atoms with van der Waals surface area (Å²) in [6, 6.07) is 14.9. The molecule has 6 heteroatoms. The monoisotopic (exact) mass is 362 g/mol. The lowest BCUT2D eigenvalue weighted by Gasteiger charge is -2.13. The van der Waals surface area contributed by atoms with E-state index < -0.39 is 0 Å². The molecule has 0 aliphatic rings. The standard InChI is InChI=1S/C18H19ClN2O2S/c1-12(24-17-9-4-3-8-16(17)19)18(23)20-11-14-6-5-7-15(10-14)21-13(2)22/h3-10,12H,11H2,1-2H3,(H,20,23)(H,21,22). The number of carbonyl (C=O) groups is 2. The van der Waals surface area contributed by atoms with Crippen molar-refractivity contribution in [2.75, 3.05) is 5.32 Å². The van der Waals surface area contributed by atoms with E-state index in [4.69, 9.17) is 11.6 Å². The molecule has 2 N–H and O–H groups in total. The number of benzene rings is 2. The second-order valence-electron chi connectivity index (χ2n) is 5.29. The fourth-order valence-electron chi connectivity index (χ4n) is 2.08. The lowest BCUT2D eigenvalue weighted by atomic mass is 10.2. The Kier molecular flexibility index (Phi) is 6.70. The molecule has 0 aliphatic heterocycles. The van der Waals surface area contributed by atoms with Gasteiger partial charge in [-0.2, -0.15) is 0 Å². The van der Waals surface area contributed by atoms with Gasteiger partial charge in [0.15, 0.2) is 0 Å². The SMILES string of the molecule is CC(=O)Nc1cccc(CNC(=O)C(C)Sc2ccccc2Cl)c1. The maximum Gasteiger partial charge on any atom is 0.233 e. The maximum absolute atomic E-state index is 12.2. The highest BCUT2D eigenvalue weighted by Gasteiger charge is 2.15. The molecule has 0 heterocycles. The summed E-state index contributed by atoms with van der Waals surface area (Å²) >= 11 is 7.54. The first-order valence-corrected chi connectivity index (χ1v) is 8.77. The van der Waals surface area contributed by atoms with E-state index in [1.54, 1.807) is 0 Å². The fraction of sp³-hybridized carbons (Fsp3) is 0.222.